The topological polar surface area (TPSA) is 173 Å². The second-order valence-corrected chi connectivity index (χ2v) is 14.7. The van der Waals surface area contributed by atoms with Gasteiger partial charge in [0.25, 0.3) is 0 Å². The Balaban J connectivity index is 1.17. The molecule has 47 heavy (non-hydrogen) atoms. The van der Waals surface area contributed by atoms with Gasteiger partial charge in [-0.05, 0) is 63.6 Å². The van der Waals surface area contributed by atoms with E-state index in [2.05, 4.69) is 40.4 Å². The fourth-order valence-electron chi connectivity index (χ4n) is 7.89. The Morgan fingerprint density at radius 3 is 2.85 bits per heavy atom. The summed E-state index contributed by atoms with van der Waals surface area (Å²) in [5, 5.41) is 25.7. The number of nitriles is 1. The summed E-state index contributed by atoms with van der Waals surface area (Å²) in [5.41, 5.74) is 8.17. The van der Waals surface area contributed by atoms with Gasteiger partial charge in [0.15, 0.2) is 0 Å². The van der Waals surface area contributed by atoms with Gasteiger partial charge in [-0.25, -0.2) is 0 Å². The van der Waals surface area contributed by atoms with Crippen LogP contribution in [-0.2, 0) is 28.7 Å². The van der Waals surface area contributed by atoms with Crippen molar-refractivity contribution in [3.63, 3.8) is 0 Å². The van der Waals surface area contributed by atoms with E-state index >= 15 is 0 Å². The molecule has 8 rings (SSSR count). The number of nitrogens with two attached hydrogens (primary N) is 1. The Kier molecular flexibility index (Phi) is 7.21. The number of ether oxygens (including phenoxy) is 2. The van der Waals surface area contributed by atoms with E-state index in [-0.39, 0.29) is 36.3 Å². The third-order valence-electron chi connectivity index (χ3n) is 10.1. The van der Waals surface area contributed by atoms with Crippen LogP contribution in [0.5, 0.6) is 6.01 Å². The van der Waals surface area contributed by atoms with E-state index in [1.165, 1.54) is 22.5 Å². The van der Waals surface area contributed by atoms with Crippen LogP contribution in [0.3, 0.4) is 0 Å². The van der Waals surface area contributed by atoms with Crippen LogP contribution >= 0.6 is 11.3 Å². The minimum atomic E-state index is -1.10. The summed E-state index contributed by atoms with van der Waals surface area (Å²) < 4.78 is 18.1. The summed E-state index contributed by atoms with van der Waals surface area (Å²) in [4.78, 5) is 24.5. The molecule has 1 aliphatic carbocycles. The van der Waals surface area contributed by atoms with E-state index in [9.17, 15) is 10.4 Å². The summed E-state index contributed by atoms with van der Waals surface area (Å²) in [7, 11) is 0. The van der Waals surface area contributed by atoms with Crippen molar-refractivity contribution in [1.82, 2.24) is 30.0 Å². The van der Waals surface area contributed by atoms with E-state index in [0.29, 0.717) is 42.2 Å². The Morgan fingerprint density at radius 1 is 1.11 bits per heavy atom. The van der Waals surface area contributed by atoms with Crippen LogP contribution in [0, 0.1) is 11.3 Å². The zero-order valence-electron chi connectivity index (χ0n) is 26.5. The number of aliphatic hydroxyl groups is 1. The lowest BCUT2D eigenvalue weighted by Gasteiger charge is -2.32. The lowest BCUT2D eigenvalue weighted by Crippen LogP contribution is -2.42. The number of thiophene rings is 1. The zero-order valence-corrected chi connectivity index (χ0v) is 27.3. The highest BCUT2D eigenvalue weighted by Gasteiger charge is 2.49. The Morgan fingerprint density at radius 2 is 1.98 bits per heavy atom. The third-order valence-corrected chi connectivity index (χ3v) is 11.2. The average molecular weight is 656 g/mol. The monoisotopic (exact) mass is 655 g/mol. The standard InChI is InChI=1S/C33H37N9O4S/c1-31(43)17-41(13-14-44-18-31)29-37-26(27-36-28(46-40-27)32(2)10-5-9-23-24(32)21(15-34)25(35)47-23)38-30(39-29)45-19-33-11-6-12-42(33)16-20-7-3-4-8-22(20)33/h3-4,7-8,43H,5-6,9-14,16-19,35H2,1-2H3/t31-,32+,33+/m1/s1. The molecule has 2 saturated heterocycles. The number of fused-ring (bicyclic) bond motifs is 4. The first-order valence-corrected chi connectivity index (χ1v) is 16.9. The van der Waals surface area contributed by atoms with E-state index in [1.54, 1.807) is 6.92 Å². The Hall–Kier alpha value is -4.16. The number of hydrogen-bond acceptors (Lipinski definition) is 14. The van der Waals surface area contributed by atoms with Gasteiger partial charge in [-0.3, -0.25) is 4.90 Å². The molecule has 0 amide bonds. The number of aromatic nitrogens is 5. The largest absolute Gasteiger partial charge is 0.461 e. The molecule has 0 spiro atoms. The quantitative estimate of drug-likeness (QED) is 0.309. The number of rotatable bonds is 6. The van der Waals surface area contributed by atoms with Crippen LogP contribution < -0.4 is 15.4 Å². The Bertz CT molecular complexity index is 1890. The number of β-amino-alcohol motifs (C(OH)–C–C–N with tert-alkyl or cyclic N) is 1. The van der Waals surface area contributed by atoms with Crippen molar-refractivity contribution in [2.24, 2.45) is 0 Å². The fraction of sp³-hybridized carbons (Fsp3) is 0.515. The van der Waals surface area contributed by atoms with Crippen molar-refractivity contribution >= 4 is 22.3 Å². The predicted molar refractivity (Wildman–Crippen MR) is 173 cm³/mol. The smallest absolute Gasteiger partial charge is 0.321 e. The number of anilines is 2. The highest BCUT2D eigenvalue weighted by Crippen LogP contribution is 2.49. The average Bonchev–Trinajstić information content (AvgIpc) is 3.81. The fourth-order valence-corrected chi connectivity index (χ4v) is 9.08. The first-order valence-electron chi connectivity index (χ1n) is 16.1. The maximum atomic E-state index is 10.9. The van der Waals surface area contributed by atoms with Crippen molar-refractivity contribution in [2.45, 2.75) is 69.1 Å². The molecule has 244 valence electrons. The summed E-state index contributed by atoms with van der Waals surface area (Å²) in [6, 6.07) is 11.0. The van der Waals surface area contributed by atoms with Crippen LogP contribution in [-0.4, -0.2) is 80.2 Å². The molecule has 4 aromatic rings. The third kappa shape index (κ3) is 5.04. The molecule has 14 heteroatoms. The highest BCUT2D eigenvalue weighted by molar-refractivity contribution is 7.16. The molecule has 6 heterocycles. The normalized spacial score (nSPS) is 27.1. The van der Waals surface area contributed by atoms with Gasteiger partial charge in [0.05, 0.1) is 36.3 Å². The maximum Gasteiger partial charge on any atom is 0.321 e. The highest BCUT2D eigenvalue weighted by atomic mass is 32.1. The minimum Gasteiger partial charge on any atom is -0.461 e. The lowest BCUT2D eigenvalue weighted by atomic mass is 9.72. The van der Waals surface area contributed by atoms with E-state index < -0.39 is 11.0 Å². The molecule has 13 nitrogen and oxygen atoms in total. The summed E-state index contributed by atoms with van der Waals surface area (Å²) >= 11 is 1.46. The maximum absolute atomic E-state index is 10.9. The molecule has 0 radical (unpaired) electrons. The molecule has 3 aliphatic heterocycles. The first-order chi connectivity index (χ1) is 22.7. The molecule has 0 bridgehead atoms. The number of nitrogens with zero attached hydrogens (tertiary/aromatic N) is 8. The van der Waals surface area contributed by atoms with Gasteiger partial charge in [0.1, 0.15) is 23.3 Å². The molecule has 3 atom stereocenters. The first kappa shape index (κ1) is 30.2. The lowest BCUT2D eigenvalue weighted by molar-refractivity contribution is -0.0123. The van der Waals surface area contributed by atoms with Gasteiger partial charge in [0.2, 0.25) is 23.5 Å². The molecule has 3 N–H and O–H groups in total. The van der Waals surface area contributed by atoms with Crippen LogP contribution in [0.15, 0.2) is 28.8 Å². The molecule has 4 aliphatic rings. The van der Waals surface area contributed by atoms with Gasteiger partial charge < -0.3 is 29.7 Å². The van der Waals surface area contributed by atoms with E-state index in [4.69, 9.17) is 39.7 Å². The zero-order chi connectivity index (χ0) is 32.4. The van der Waals surface area contributed by atoms with Crippen molar-refractivity contribution in [3.8, 4) is 23.7 Å². The van der Waals surface area contributed by atoms with Crippen molar-refractivity contribution in [2.75, 3.05) is 50.1 Å². The van der Waals surface area contributed by atoms with E-state index in [0.717, 1.165) is 55.6 Å². The van der Waals surface area contributed by atoms with Crippen LogP contribution in [0.2, 0.25) is 0 Å². The number of nitrogen functional groups attached to an aromatic ring is 1. The SMILES string of the molecule is C[C@]1(O)COCCN(c2nc(OC[C@]34CCCN3Cc3ccccc34)nc(-c3noc([C@@]4(C)CCCc5sc(N)c(C#N)c54)n3)n2)C1. The number of benzene rings is 1. The molecular formula is C33H37N9O4S. The minimum absolute atomic E-state index is 0.148. The van der Waals surface area contributed by atoms with Crippen molar-refractivity contribution in [1.29, 1.82) is 5.26 Å². The predicted octanol–water partition coefficient (Wildman–Crippen LogP) is 3.55. The van der Waals surface area contributed by atoms with Crippen LogP contribution in [0.4, 0.5) is 10.9 Å². The second-order valence-electron chi connectivity index (χ2n) is 13.6. The molecule has 3 aromatic heterocycles. The van der Waals surface area contributed by atoms with Crippen molar-refractivity contribution in [3.05, 3.63) is 57.3 Å². The molecule has 0 unspecified atom stereocenters. The van der Waals surface area contributed by atoms with Crippen LogP contribution in [0.25, 0.3) is 11.6 Å². The number of hydrogen-bond donors (Lipinski definition) is 2. The van der Waals surface area contributed by atoms with Crippen LogP contribution in [0.1, 0.15) is 72.6 Å². The Labute approximate surface area is 276 Å². The second kappa shape index (κ2) is 11.2. The molecule has 2 fully saturated rings. The van der Waals surface area contributed by atoms with Gasteiger partial charge >= 0.3 is 6.01 Å². The molecule has 1 aromatic carbocycles. The van der Waals surface area contributed by atoms with Crippen molar-refractivity contribution < 1.29 is 19.1 Å². The van der Waals surface area contributed by atoms with Gasteiger partial charge in [-0.1, -0.05) is 29.4 Å². The van der Waals surface area contributed by atoms with E-state index in [1.807, 2.05) is 11.8 Å². The van der Waals surface area contributed by atoms with Gasteiger partial charge in [0, 0.05) is 23.5 Å². The van der Waals surface area contributed by atoms with Gasteiger partial charge in [-0.15, -0.1) is 11.3 Å². The summed E-state index contributed by atoms with van der Waals surface area (Å²) in [6.45, 7) is 7.36. The molecule has 0 saturated carbocycles. The number of aryl methyl sites for hydroxylation is 1. The summed E-state index contributed by atoms with van der Waals surface area (Å²) in [5.74, 6) is 1.09. The summed E-state index contributed by atoms with van der Waals surface area (Å²) in [6.07, 6.45) is 4.55. The molecular weight excluding hydrogens is 618 g/mol. The van der Waals surface area contributed by atoms with Gasteiger partial charge in [-0.2, -0.15) is 25.2 Å².